The van der Waals surface area contributed by atoms with Crippen LogP contribution in [-0.2, 0) is 13.0 Å². The van der Waals surface area contributed by atoms with E-state index in [2.05, 4.69) is 39.3 Å². The second-order valence-electron chi connectivity index (χ2n) is 7.02. The summed E-state index contributed by atoms with van der Waals surface area (Å²) in [6.45, 7) is 6.17. The quantitative estimate of drug-likeness (QED) is 0.690. The average Bonchev–Trinajstić information content (AvgIpc) is 3.20. The number of fused-ring (bicyclic) bond motifs is 1. The molecule has 2 heterocycles. The van der Waals surface area contributed by atoms with E-state index >= 15 is 0 Å². The highest BCUT2D eigenvalue weighted by Gasteiger charge is 2.19. The molecule has 0 aliphatic heterocycles. The zero-order valence-corrected chi connectivity index (χ0v) is 15.8. The van der Waals surface area contributed by atoms with E-state index in [9.17, 15) is 9.18 Å². The molecule has 27 heavy (non-hydrogen) atoms. The van der Waals surface area contributed by atoms with Gasteiger partial charge in [0.05, 0.1) is 17.6 Å². The fourth-order valence-corrected chi connectivity index (χ4v) is 2.65. The van der Waals surface area contributed by atoms with Crippen LogP contribution in [0, 0.1) is 11.7 Å². The number of rotatable bonds is 6. The Morgan fingerprint density at radius 3 is 2.85 bits per heavy atom. The topological polar surface area (TPSA) is 99.9 Å². The van der Waals surface area contributed by atoms with Gasteiger partial charge < -0.3 is 19.7 Å². The summed E-state index contributed by atoms with van der Waals surface area (Å²) >= 11 is 0. The fourth-order valence-electron chi connectivity index (χ4n) is 2.65. The molecule has 0 aliphatic carbocycles. The van der Waals surface area contributed by atoms with Gasteiger partial charge in [0, 0.05) is 13.5 Å². The van der Waals surface area contributed by atoms with E-state index in [1.54, 1.807) is 20.0 Å². The molecule has 1 atom stereocenters. The first-order chi connectivity index (χ1) is 12.8. The van der Waals surface area contributed by atoms with Crippen molar-refractivity contribution in [3.63, 3.8) is 0 Å². The van der Waals surface area contributed by atoms with Crippen LogP contribution in [0.4, 0.5) is 9.18 Å². The maximum absolute atomic E-state index is 13.3. The molecule has 2 aromatic heterocycles. The first-order valence-electron chi connectivity index (χ1n) is 8.80. The lowest BCUT2D eigenvalue weighted by atomic mass is 10.1. The molecule has 0 saturated carbocycles. The van der Waals surface area contributed by atoms with Gasteiger partial charge in [0.25, 0.3) is 0 Å². The van der Waals surface area contributed by atoms with Crippen molar-refractivity contribution in [1.29, 1.82) is 0 Å². The van der Waals surface area contributed by atoms with Gasteiger partial charge in [0.15, 0.2) is 5.82 Å². The van der Waals surface area contributed by atoms with E-state index in [0.717, 1.165) is 6.42 Å². The summed E-state index contributed by atoms with van der Waals surface area (Å²) < 4.78 is 18.5. The van der Waals surface area contributed by atoms with E-state index in [4.69, 9.17) is 4.52 Å². The number of nitrogens with one attached hydrogen (secondary N) is 2. The number of carbonyl (C=O) groups is 1. The van der Waals surface area contributed by atoms with Crippen molar-refractivity contribution in [3.05, 3.63) is 41.6 Å². The van der Waals surface area contributed by atoms with E-state index in [0.29, 0.717) is 34.5 Å². The summed E-state index contributed by atoms with van der Waals surface area (Å²) in [6.07, 6.45) is 0.719. The number of hydrogen-bond acceptors (Lipinski definition) is 5. The molecule has 9 heteroatoms. The van der Waals surface area contributed by atoms with Crippen LogP contribution in [-0.4, -0.2) is 38.1 Å². The third kappa shape index (κ3) is 4.60. The Balaban J connectivity index is 1.60. The normalized spacial score (nSPS) is 12.5. The Bertz CT molecular complexity index is 935. The molecule has 3 rings (SSSR count). The van der Waals surface area contributed by atoms with Gasteiger partial charge in [-0.3, -0.25) is 0 Å². The van der Waals surface area contributed by atoms with Crippen molar-refractivity contribution in [2.75, 3.05) is 7.05 Å². The summed E-state index contributed by atoms with van der Waals surface area (Å²) in [5.41, 5.74) is 1.24. The zero-order chi connectivity index (χ0) is 19.6. The molecule has 144 valence electrons. The number of nitrogens with zero attached hydrogens (tertiary/aromatic N) is 4. The van der Waals surface area contributed by atoms with Gasteiger partial charge >= 0.3 is 6.03 Å². The van der Waals surface area contributed by atoms with Crippen LogP contribution < -0.4 is 5.32 Å². The van der Waals surface area contributed by atoms with Crippen LogP contribution in [0.5, 0.6) is 0 Å². The number of halogens is 1. The second kappa shape index (κ2) is 7.73. The standard InChI is InChI=1S/C18H23FN6O2/c1-10(2)7-15-23-17(27-24-15)11(3)20-18(26)25(4)9-16-21-13-6-5-12(19)8-14(13)22-16/h5-6,8,10-11H,7,9H2,1-4H3,(H,20,26)(H,21,22). The van der Waals surface area contributed by atoms with E-state index in [1.165, 1.54) is 17.0 Å². The van der Waals surface area contributed by atoms with Gasteiger partial charge in [-0.25, -0.2) is 14.2 Å². The highest BCUT2D eigenvalue weighted by Crippen LogP contribution is 2.15. The Hall–Kier alpha value is -2.97. The fraction of sp³-hybridized carbons (Fsp3) is 0.444. The summed E-state index contributed by atoms with van der Waals surface area (Å²) in [5, 5.41) is 6.75. The predicted molar refractivity (Wildman–Crippen MR) is 97.3 cm³/mol. The zero-order valence-electron chi connectivity index (χ0n) is 15.8. The minimum Gasteiger partial charge on any atom is -0.340 e. The molecular weight excluding hydrogens is 351 g/mol. The summed E-state index contributed by atoms with van der Waals surface area (Å²) in [5.74, 6) is 1.64. The lowest BCUT2D eigenvalue weighted by molar-refractivity contribution is 0.199. The van der Waals surface area contributed by atoms with Crippen molar-refractivity contribution < 1.29 is 13.7 Å². The second-order valence-corrected chi connectivity index (χ2v) is 7.02. The molecule has 1 unspecified atom stereocenters. The number of hydrogen-bond donors (Lipinski definition) is 2. The lowest BCUT2D eigenvalue weighted by Crippen LogP contribution is -2.38. The lowest BCUT2D eigenvalue weighted by Gasteiger charge is -2.18. The number of aromatic nitrogens is 4. The molecule has 0 aliphatic rings. The first-order valence-corrected chi connectivity index (χ1v) is 8.80. The highest BCUT2D eigenvalue weighted by molar-refractivity contribution is 5.76. The summed E-state index contributed by atoms with van der Waals surface area (Å²) in [4.78, 5) is 25.6. The molecule has 0 bridgehead atoms. The Morgan fingerprint density at radius 1 is 1.33 bits per heavy atom. The molecule has 0 saturated heterocycles. The van der Waals surface area contributed by atoms with Crippen LogP contribution in [0.1, 0.15) is 44.4 Å². The monoisotopic (exact) mass is 374 g/mol. The molecule has 0 radical (unpaired) electrons. The van der Waals surface area contributed by atoms with Gasteiger partial charge in [0.1, 0.15) is 17.7 Å². The number of aromatic amines is 1. The molecular formula is C18H23FN6O2. The van der Waals surface area contributed by atoms with E-state index < -0.39 is 6.04 Å². The third-order valence-corrected chi connectivity index (χ3v) is 4.01. The van der Waals surface area contributed by atoms with Gasteiger partial charge in [0.2, 0.25) is 5.89 Å². The van der Waals surface area contributed by atoms with Gasteiger partial charge in [-0.1, -0.05) is 19.0 Å². The van der Waals surface area contributed by atoms with Crippen molar-refractivity contribution in [2.45, 2.75) is 39.8 Å². The van der Waals surface area contributed by atoms with Gasteiger partial charge in [-0.15, -0.1) is 0 Å². The average molecular weight is 374 g/mol. The number of H-pyrrole nitrogens is 1. The number of amides is 2. The van der Waals surface area contributed by atoms with E-state index in [-0.39, 0.29) is 18.4 Å². The molecule has 3 aromatic rings. The maximum Gasteiger partial charge on any atom is 0.318 e. The molecule has 2 N–H and O–H groups in total. The van der Waals surface area contributed by atoms with Crippen LogP contribution in [0.15, 0.2) is 22.7 Å². The minimum absolute atomic E-state index is 0.247. The molecule has 0 fully saturated rings. The van der Waals surface area contributed by atoms with Crippen LogP contribution in [0.2, 0.25) is 0 Å². The first kappa shape index (κ1) is 18.8. The minimum atomic E-state index is -0.418. The number of urea groups is 1. The molecule has 8 nitrogen and oxygen atoms in total. The Kier molecular flexibility index (Phi) is 5.38. The van der Waals surface area contributed by atoms with Gasteiger partial charge in [-0.2, -0.15) is 4.98 Å². The molecule has 2 amide bonds. The Morgan fingerprint density at radius 2 is 2.11 bits per heavy atom. The number of imidazole rings is 1. The maximum atomic E-state index is 13.3. The molecule has 1 aromatic carbocycles. The molecule has 0 spiro atoms. The predicted octanol–water partition coefficient (Wildman–Crippen LogP) is 3.19. The number of benzene rings is 1. The van der Waals surface area contributed by atoms with Crippen molar-refractivity contribution in [1.82, 2.24) is 30.3 Å². The highest BCUT2D eigenvalue weighted by atomic mass is 19.1. The van der Waals surface area contributed by atoms with Crippen molar-refractivity contribution in [3.8, 4) is 0 Å². The largest absolute Gasteiger partial charge is 0.340 e. The van der Waals surface area contributed by atoms with Crippen molar-refractivity contribution >= 4 is 17.1 Å². The summed E-state index contributed by atoms with van der Waals surface area (Å²) in [6, 6.07) is 3.59. The third-order valence-electron chi connectivity index (χ3n) is 4.01. The van der Waals surface area contributed by atoms with Crippen LogP contribution >= 0.6 is 0 Å². The Labute approximate surface area is 156 Å². The SMILES string of the molecule is CC(C)Cc1noc(C(C)NC(=O)N(C)Cc2nc3ccc(F)cc3[nH]2)n1. The van der Waals surface area contributed by atoms with E-state index in [1.807, 2.05) is 0 Å². The van der Waals surface area contributed by atoms with Crippen molar-refractivity contribution in [2.24, 2.45) is 5.92 Å². The van der Waals surface area contributed by atoms with Crippen LogP contribution in [0.25, 0.3) is 11.0 Å². The smallest absolute Gasteiger partial charge is 0.318 e. The van der Waals surface area contributed by atoms with Gasteiger partial charge in [-0.05, 0) is 31.0 Å². The van der Waals surface area contributed by atoms with Crippen LogP contribution in [0.3, 0.4) is 0 Å². The summed E-state index contributed by atoms with van der Waals surface area (Å²) in [7, 11) is 1.65. The number of carbonyl (C=O) groups excluding carboxylic acids is 1.